The first-order chi connectivity index (χ1) is 8.22. The molecule has 1 rings (SSSR count). The normalized spacial score (nSPS) is 10.8. The number of aliphatic hydroxyl groups is 1. The quantitative estimate of drug-likeness (QED) is 0.723. The number of unbranched alkanes of at least 4 members (excludes halogenated alkanes) is 3. The highest BCUT2D eigenvalue weighted by Gasteiger charge is 1.98. The molecule has 2 nitrogen and oxygen atoms in total. The standard InChI is InChI=1S/C13H19BrFNO/c14-12-7-11(8-13(15)9-12)10-16-5-3-1-2-4-6-17/h7-9,16-17H,1-6,10H2. The monoisotopic (exact) mass is 303 g/mol. The zero-order valence-electron chi connectivity index (χ0n) is 9.88. The van der Waals surface area contributed by atoms with E-state index < -0.39 is 0 Å². The topological polar surface area (TPSA) is 32.3 Å². The van der Waals surface area contributed by atoms with Gasteiger partial charge in [0.1, 0.15) is 5.82 Å². The predicted octanol–water partition coefficient (Wildman–Crippen LogP) is 3.23. The summed E-state index contributed by atoms with van der Waals surface area (Å²) in [6.07, 6.45) is 4.18. The van der Waals surface area contributed by atoms with Crippen molar-refractivity contribution in [3.8, 4) is 0 Å². The molecule has 1 aromatic rings. The Balaban J connectivity index is 2.13. The van der Waals surface area contributed by atoms with Crippen LogP contribution in [0.5, 0.6) is 0 Å². The van der Waals surface area contributed by atoms with Crippen LogP contribution in [-0.2, 0) is 6.54 Å². The predicted molar refractivity (Wildman–Crippen MR) is 71.4 cm³/mol. The Kier molecular flexibility index (Phi) is 7.40. The molecule has 0 unspecified atom stereocenters. The number of hydrogen-bond donors (Lipinski definition) is 2. The number of benzene rings is 1. The second-order valence-electron chi connectivity index (χ2n) is 4.09. The number of halogens is 2. The lowest BCUT2D eigenvalue weighted by Crippen LogP contribution is -2.14. The molecule has 0 amide bonds. The Morgan fingerprint density at radius 1 is 1.12 bits per heavy atom. The lowest BCUT2D eigenvalue weighted by Gasteiger charge is -2.05. The summed E-state index contributed by atoms with van der Waals surface area (Å²) in [6, 6.07) is 4.92. The summed E-state index contributed by atoms with van der Waals surface area (Å²) < 4.78 is 13.8. The van der Waals surface area contributed by atoms with Gasteiger partial charge in [0.15, 0.2) is 0 Å². The van der Waals surface area contributed by atoms with Crippen molar-refractivity contribution in [2.45, 2.75) is 32.2 Å². The van der Waals surface area contributed by atoms with Gasteiger partial charge in [-0.3, -0.25) is 0 Å². The maximum Gasteiger partial charge on any atom is 0.124 e. The van der Waals surface area contributed by atoms with E-state index in [9.17, 15) is 4.39 Å². The van der Waals surface area contributed by atoms with Gasteiger partial charge in [-0.2, -0.15) is 0 Å². The summed E-state index contributed by atoms with van der Waals surface area (Å²) in [5.74, 6) is -0.209. The first-order valence-corrected chi connectivity index (χ1v) is 6.78. The van der Waals surface area contributed by atoms with Crippen molar-refractivity contribution >= 4 is 15.9 Å². The molecule has 0 heterocycles. The van der Waals surface area contributed by atoms with Gasteiger partial charge in [0.05, 0.1) is 0 Å². The van der Waals surface area contributed by atoms with Gasteiger partial charge in [-0.05, 0) is 43.1 Å². The Labute approximate surface area is 110 Å². The third-order valence-electron chi connectivity index (χ3n) is 2.51. The van der Waals surface area contributed by atoms with Crippen LogP contribution in [0.4, 0.5) is 4.39 Å². The van der Waals surface area contributed by atoms with E-state index in [4.69, 9.17) is 5.11 Å². The van der Waals surface area contributed by atoms with E-state index in [0.29, 0.717) is 6.54 Å². The van der Waals surface area contributed by atoms with Gasteiger partial charge in [0.2, 0.25) is 0 Å². The summed E-state index contributed by atoms with van der Waals surface area (Å²) in [6.45, 7) is 1.90. The van der Waals surface area contributed by atoms with Crippen LogP contribution in [0.2, 0.25) is 0 Å². The lowest BCUT2D eigenvalue weighted by atomic mass is 10.2. The molecule has 17 heavy (non-hydrogen) atoms. The smallest absolute Gasteiger partial charge is 0.124 e. The van der Waals surface area contributed by atoms with E-state index in [1.165, 1.54) is 6.07 Å². The summed E-state index contributed by atoms with van der Waals surface area (Å²) >= 11 is 3.27. The SMILES string of the molecule is OCCCCCCNCc1cc(F)cc(Br)c1. The largest absolute Gasteiger partial charge is 0.396 e. The molecule has 0 aliphatic heterocycles. The summed E-state index contributed by atoms with van der Waals surface area (Å²) in [5.41, 5.74) is 0.951. The zero-order chi connectivity index (χ0) is 12.5. The molecule has 0 saturated heterocycles. The van der Waals surface area contributed by atoms with E-state index in [1.54, 1.807) is 6.07 Å². The molecule has 0 radical (unpaired) electrons. The van der Waals surface area contributed by atoms with Crippen LogP contribution in [0.15, 0.2) is 22.7 Å². The van der Waals surface area contributed by atoms with Gasteiger partial charge in [-0.25, -0.2) is 4.39 Å². The van der Waals surface area contributed by atoms with Crippen LogP contribution in [-0.4, -0.2) is 18.3 Å². The van der Waals surface area contributed by atoms with E-state index in [-0.39, 0.29) is 12.4 Å². The third kappa shape index (κ3) is 6.76. The first kappa shape index (κ1) is 14.6. The van der Waals surface area contributed by atoms with Crippen LogP contribution >= 0.6 is 15.9 Å². The molecular weight excluding hydrogens is 285 g/mol. The molecule has 2 N–H and O–H groups in total. The fourth-order valence-corrected chi connectivity index (χ4v) is 2.17. The van der Waals surface area contributed by atoms with Crippen LogP contribution < -0.4 is 5.32 Å². The average Bonchev–Trinajstić information content (AvgIpc) is 2.26. The Morgan fingerprint density at radius 2 is 1.88 bits per heavy atom. The Morgan fingerprint density at radius 3 is 2.59 bits per heavy atom. The molecule has 96 valence electrons. The van der Waals surface area contributed by atoms with Gasteiger partial charge in [-0.15, -0.1) is 0 Å². The lowest BCUT2D eigenvalue weighted by molar-refractivity contribution is 0.282. The Hall–Kier alpha value is -0.450. The van der Waals surface area contributed by atoms with E-state index in [1.807, 2.05) is 6.07 Å². The fourth-order valence-electron chi connectivity index (χ4n) is 1.66. The number of nitrogens with one attached hydrogen (secondary N) is 1. The average molecular weight is 304 g/mol. The summed E-state index contributed by atoms with van der Waals surface area (Å²) in [7, 11) is 0. The molecular formula is C13H19BrFNO. The number of rotatable bonds is 8. The minimum atomic E-state index is -0.209. The summed E-state index contributed by atoms with van der Waals surface area (Å²) in [4.78, 5) is 0. The highest BCUT2D eigenvalue weighted by Crippen LogP contribution is 2.14. The second kappa shape index (κ2) is 8.61. The molecule has 0 aliphatic rings. The van der Waals surface area contributed by atoms with Gasteiger partial charge < -0.3 is 10.4 Å². The maximum atomic E-state index is 13.1. The van der Waals surface area contributed by atoms with Crippen LogP contribution in [0.25, 0.3) is 0 Å². The fraction of sp³-hybridized carbons (Fsp3) is 0.538. The molecule has 0 aliphatic carbocycles. The Bertz CT molecular complexity index is 313. The maximum absolute atomic E-state index is 13.1. The number of aliphatic hydroxyl groups excluding tert-OH is 1. The number of hydrogen-bond acceptors (Lipinski definition) is 2. The van der Waals surface area contributed by atoms with Crippen molar-refractivity contribution < 1.29 is 9.50 Å². The minimum Gasteiger partial charge on any atom is -0.396 e. The van der Waals surface area contributed by atoms with Crippen molar-refractivity contribution in [2.75, 3.05) is 13.2 Å². The molecule has 0 spiro atoms. The van der Waals surface area contributed by atoms with E-state index in [0.717, 1.165) is 42.3 Å². The second-order valence-corrected chi connectivity index (χ2v) is 5.01. The molecule has 4 heteroatoms. The van der Waals surface area contributed by atoms with Crippen molar-refractivity contribution in [1.82, 2.24) is 5.32 Å². The highest BCUT2D eigenvalue weighted by molar-refractivity contribution is 9.10. The van der Waals surface area contributed by atoms with Gasteiger partial charge in [-0.1, -0.05) is 28.8 Å². The van der Waals surface area contributed by atoms with E-state index in [2.05, 4.69) is 21.2 Å². The molecule has 0 atom stereocenters. The molecule has 0 bridgehead atoms. The molecule has 0 saturated carbocycles. The molecule has 0 aromatic heterocycles. The molecule has 1 aromatic carbocycles. The minimum absolute atomic E-state index is 0.209. The van der Waals surface area contributed by atoms with Crippen LogP contribution in [0, 0.1) is 5.82 Å². The van der Waals surface area contributed by atoms with Crippen LogP contribution in [0.3, 0.4) is 0 Å². The van der Waals surface area contributed by atoms with Gasteiger partial charge in [0.25, 0.3) is 0 Å². The van der Waals surface area contributed by atoms with Crippen molar-refractivity contribution in [2.24, 2.45) is 0 Å². The van der Waals surface area contributed by atoms with E-state index >= 15 is 0 Å². The van der Waals surface area contributed by atoms with Crippen molar-refractivity contribution in [3.05, 3.63) is 34.1 Å². The zero-order valence-corrected chi connectivity index (χ0v) is 11.5. The third-order valence-corrected chi connectivity index (χ3v) is 2.97. The van der Waals surface area contributed by atoms with Crippen molar-refractivity contribution in [3.63, 3.8) is 0 Å². The highest BCUT2D eigenvalue weighted by atomic mass is 79.9. The summed E-state index contributed by atoms with van der Waals surface area (Å²) in [5, 5.41) is 11.9. The molecule has 0 fully saturated rings. The van der Waals surface area contributed by atoms with Gasteiger partial charge >= 0.3 is 0 Å². The first-order valence-electron chi connectivity index (χ1n) is 5.99. The van der Waals surface area contributed by atoms with Gasteiger partial charge in [0, 0.05) is 17.6 Å². The van der Waals surface area contributed by atoms with Crippen molar-refractivity contribution in [1.29, 1.82) is 0 Å². The van der Waals surface area contributed by atoms with Crippen LogP contribution in [0.1, 0.15) is 31.2 Å².